The Labute approximate surface area is 216 Å². The average Bonchev–Trinajstić information content (AvgIpc) is 2.95. The van der Waals surface area contributed by atoms with Gasteiger partial charge in [-0.05, 0) is 29.8 Å². The fourth-order valence-electron chi connectivity index (χ4n) is 4.32. The minimum absolute atomic E-state index is 0.0875. The summed E-state index contributed by atoms with van der Waals surface area (Å²) in [6.45, 7) is 7.23. The fraction of sp³-hybridized carbons (Fsp3) is 0.370. The van der Waals surface area contributed by atoms with Crippen molar-refractivity contribution in [3.63, 3.8) is 0 Å². The molecule has 0 saturated carbocycles. The number of hydrogen-bond donors (Lipinski definition) is 1. The lowest BCUT2D eigenvalue weighted by molar-refractivity contribution is -0.129. The van der Waals surface area contributed by atoms with E-state index >= 15 is 0 Å². The second kappa shape index (κ2) is 11.7. The molecule has 0 spiro atoms. The Morgan fingerprint density at radius 2 is 1.81 bits per heavy atom. The molecule has 1 fully saturated rings. The van der Waals surface area contributed by atoms with E-state index in [-0.39, 0.29) is 11.8 Å². The third kappa shape index (κ3) is 6.14. The molecule has 4 rings (SSSR count). The van der Waals surface area contributed by atoms with Crippen LogP contribution in [-0.4, -0.2) is 78.7 Å². The molecule has 1 unspecified atom stereocenters. The standard InChI is InChI=1S/C27H32N6O4/c1-18(22-7-5-20(27(35)37-4)13-24(22)36-3)15-28-25-14-23(30-17-31-25)21-6-8-26(29-16-21)33-11-9-32(10-12-33)19(2)34/h5-8,13-14,16-18H,9-12,15H2,1-4H3,(H,28,30,31). The van der Waals surface area contributed by atoms with Gasteiger partial charge in [-0.15, -0.1) is 0 Å². The van der Waals surface area contributed by atoms with Crippen molar-refractivity contribution in [1.82, 2.24) is 19.9 Å². The SMILES string of the molecule is COC(=O)c1ccc(C(C)CNc2cc(-c3ccc(N4CCN(C(C)=O)CC4)nc3)ncn2)c(OC)c1. The van der Waals surface area contributed by atoms with Crippen molar-refractivity contribution in [3.8, 4) is 17.0 Å². The first-order valence-electron chi connectivity index (χ1n) is 12.2. The third-order valence-electron chi connectivity index (χ3n) is 6.53. The van der Waals surface area contributed by atoms with E-state index in [0.717, 1.165) is 35.7 Å². The molecular weight excluding hydrogens is 472 g/mol. The van der Waals surface area contributed by atoms with Gasteiger partial charge in [-0.3, -0.25) is 4.79 Å². The molecule has 1 atom stereocenters. The number of carbonyl (C=O) groups is 2. The fourth-order valence-corrected chi connectivity index (χ4v) is 4.32. The van der Waals surface area contributed by atoms with Gasteiger partial charge in [0.05, 0.1) is 25.5 Å². The number of nitrogens with one attached hydrogen (secondary N) is 1. The molecule has 3 heterocycles. The molecule has 37 heavy (non-hydrogen) atoms. The number of hydrogen-bond acceptors (Lipinski definition) is 9. The van der Waals surface area contributed by atoms with Crippen LogP contribution in [0.1, 0.15) is 35.7 Å². The summed E-state index contributed by atoms with van der Waals surface area (Å²) in [5.41, 5.74) is 3.08. The second-order valence-corrected chi connectivity index (χ2v) is 8.92. The minimum Gasteiger partial charge on any atom is -0.496 e. The van der Waals surface area contributed by atoms with Crippen LogP contribution < -0.4 is 15.0 Å². The van der Waals surface area contributed by atoms with Crippen LogP contribution >= 0.6 is 0 Å². The Bertz CT molecular complexity index is 1240. The largest absolute Gasteiger partial charge is 0.496 e. The summed E-state index contributed by atoms with van der Waals surface area (Å²) in [5, 5.41) is 3.37. The summed E-state index contributed by atoms with van der Waals surface area (Å²) in [6.07, 6.45) is 3.35. The highest BCUT2D eigenvalue weighted by Gasteiger charge is 2.20. The Kier molecular flexibility index (Phi) is 8.17. The Morgan fingerprint density at radius 3 is 2.46 bits per heavy atom. The van der Waals surface area contributed by atoms with Gasteiger partial charge in [-0.1, -0.05) is 13.0 Å². The van der Waals surface area contributed by atoms with E-state index in [1.54, 1.807) is 26.2 Å². The number of methoxy groups -OCH3 is 2. The number of aromatic nitrogens is 3. The zero-order valence-electron chi connectivity index (χ0n) is 21.6. The van der Waals surface area contributed by atoms with Crippen molar-refractivity contribution < 1.29 is 19.1 Å². The molecule has 1 saturated heterocycles. The Balaban J connectivity index is 1.39. The Hall–Kier alpha value is -4.21. The summed E-state index contributed by atoms with van der Waals surface area (Å²) in [6, 6.07) is 11.2. The maximum absolute atomic E-state index is 11.8. The molecule has 0 aliphatic carbocycles. The zero-order chi connectivity index (χ0) is 26.4. The molecule has 1 amide bonds. The topological polar surface area (TPSA) is 110 Å². The summed E-state index contributed by atoms with van der Waals surface area (Å²) >= 11 is 0. The lowest BCUT2D eigenvalue weighted by Gasteiger charge is -2.34. The number of esters is 1. The number of anilines is 2. The lowest BCUT2D eigenvalue weighted by atomic mass is 9.98. The number of rotatable bonds is 8. The highest BCUT2D eigenvalue weighted by Crippen LogP contribution is 2.29. The smallest absolute Gasteiger partial charge is 0.337 e. The molecule has 194 valence electrons. The molecule has 1 aliphatic rings. The minimum atomic E-state index is -0.401. The monoisotopic (exact) mass is 504 g/mol. The molecule has 3 aromatic rings. The summed E-state index contributed by atoms with van der Waals surface area (Å²) in [4.78, 5) is 40.8. The van der Waals surface area contributed by atoms with Gasteiger partial charge >= 0.3 is 5.97 Å². The zero-order valence-corrected chi connectivity index (χ0v) is 21.6. The maximum Gasteiger partial charge on any atom is 0.337 e. The van der Waals surface area contributed by atoms with Crippen LogP contribution in [0.3, 0.4) is 0 Å². The van der Waals surface area contributed by atoms with E-state index in [2.05, 4.69) is 32.1 Å². The van der Waals surface area contributed by atoms with Gasteiger partial charge in [-0.2, -0.15) is 0 Å². The van der Waals surface area contributed by atoms with Crippen molar-refractivity contribution in [3.05, 3.63) is 60.0 Å². The first-order valence-corrected chi connectivity index (χ1v) is 12.2. The molecule has 0 bridgehead atoms. The first-order chi connectivity index (χ1) is 17.9. The van der Waals surface area contributed by atoms with Crippen molar-refractivity contribution in [2.24, 2.45) is 0 Å². The lowest BCUT2D eigenvalue weighted by Crippen LogP contribution is -2.48. The maximum atomic E-state index is 11.8. The molecule has 10 nitrogen and oxygen atoms in total. The first kappa shape index (κ1) is 25.9. The van der Waals surface area contributed by atoms with Crippen molar-refractivity contribution in [1.29, 1.82) is 0 Å². The third-order valence-corrected chi connectivity index (χ3v) is 6.53. The number of carbonyl (C=O) groups excluding carboxylic acids is 2. The number of benzene rings is 1. The van der Waals surface area contributed by atoms with Crippen LogP contribution in [-0.2, 0) is 9.53 Å². The van der Waals surface area contributed by atoms with Crippen molar-refractivity contribution in [2.75, 3.05) is 57.2 Å². The van der Waals surface area contributed by atoms with E-state index < -0.39 is 5.97 Å². The molecule has 0 radical (unpaired) electrons. The number of ether oxygens (including phenoxy) is 2. The number of piperazine rings is 1. The van der Waals surface area contributed by atoms with E-state index in [9.17, 15) is 9.59 Å². The van der Waals surface area contributed by atoms with Crippen LogP contribution in [0, 0.1) is 0 Å². The van der Waals surface area contributed by atoms with Gasteiger partial charge in [0, 0.05) is 63.4 Å². The summed E-state index contributed by atoms with van der Waals surface area (Å²) in [7, 11) is 2.94. The number of nitrogens with zero attached hydrogens (tertiary/aromatic N) is 5. The molecule has 2 aromatic heterocycles. The highest BCUT2D eigenvalue weighted by molar-refractivity contribution is 5.90. The van der Waals surface area contributed by atoms with Crippen LogP contribution in [0.4, 0.5) is 11.6 Å². The van der Waals surface area contributed by atoms with E-state index in [1.165, 1.54) is 13.4 Å². The van der Waals surface area contributed by atoms with Gasteiger partial charge in [0.15, 0.2) is 0 Å². The second-order valence-electron chi connectivity index (χ2n) is 8.92. The molecule has 1 aromatic carbocycles. The number of amides is 1. The van der Waals surface area contributed by atoms with Gasteiger partial charge in [0.1, 0.15) is 23.7 Å². The van der Waals surface area contributed by atoms with Crippen LogP contribution in [0.2, 0.25) is 0 Å². The summed E-state index contributed by atoms with van der Waals surface area (Å²) in [5.74, 6) is 2.02. The van der Waals surface area contributed by atoms with Gasteiger partial charge in [-0.25, -0.2) is 19.7 Å². The molecule has 1 aliphatic heterocycles. The van der Waals surface area contributed by atoms with E-state index in [4.69, 9.17) is 9.47 Å². The van der Waals surface area contributed by atoms with Crippen LogP contribution in [0.15, 0.2) is 48.9 Å². The van der Waals surface area contributed by atoms with Crippen molar-refractivity contribution >= 4 is 23.5 Å². The van der Waals surface area contributed by atoms with Crippen molar-refractivity contribution in [2.45, 2.75) is 19.8 Å². The predicted molar refractivity (Wildman–Crippen MR) is 141 cm³/mol. The van der Waals surface area contributed by atoms with E-state index in [0.29, 0.717) is 36.8 Å². The van der Waals surface area contributed by atoms with Gasteiger partial charge in [0.2, 0.25) is 5.91 Å². The predicted octanol–water partition coefficient (Wildman–Crippen LogP) is 3.22. The van der Waals surface area contributed by atoms with Gasteiger partial charge in [0.25, 0.3) is 0 Å². The van der Waals surface area contributed by atoms with E-state index in [1.807, 2.05) is 35.4 Å². The molecule has 1 N–H and O–H groups in total. The summed E-state index contributed by atoms with van der Waals surface area (Å²) < 4.78 is 10.3. The number of pyridine rings is 1. The quantitative estimate of drug-likeness (QED) is 0.462. The Morgan fingerprint density at radius 1 is 1.03 bits per heavy atom. The van der Waals surface area contributed by atoms with Crippen LogP contribution in [0.5, 0.6) is 5.75 Å². The van der Waals surface area contributed by atoms with Crippen LogP contribution in [0.25, 0.3) is 11.3 Å². The molecule has 10 heteroatoms. The van der Waals surface area contributed by atoms with Gasteiger partial charge < -0.3 is 24.6 Å². The highest BCUT2D eigenvalue weighted by atomic mass is 16.5. The molecular formula is C27H32N6O4. The normalized spacial score (nSPS) is 14.2. The average molecular weight is 505 g/mol.